The number of aryl methyl sites for hydroxylation is 2. The summed E-state index contributed by atoms with van der Waals surface area (Å²) in [7, 11) is 1.96. The molecule has 27 heavy (non-hydrogen) atoms. The molecule has 2 aromatic carbocycles. The van der Waals surface area contributed by atoms with E-state index in [9.17, 15) is 4.79 Å². The van der Waals surface area contributed by atoms with Crippen LogP contribution in [0.25, 0.3) is 0 Å². The van der Waals surface area contributed by atoms with Crippen molar-refractivity contribution in [2.75, 3.05) is 17.3 Å². The standard InChI is InChI=1S/C22H24N4O/c1-4-17-10-12-19(13-11-17)25-22(27)20-14-21(24-16(2)23-20)26(3)15-18-8-6-5-7-9-18/h5-14H,4,15H2,1-3H3,(H,25,27). The number of anilines is 2. The number of hydrogen-bond acceptors (Lipinski definition) is 4. The van der Waals surface area contributed by atoms with E-state index >= 15 is 0 Å². The molecule has 1 heterocycles. The van der Waals surface area contributed by atoms with E-state index < -0.39 is 0 Å². The maximum atomic E-state index is 12.6. The Morgan fingerprint density at radius 1 is 1.00 bits per heavy atom. The van der Waals surface area contributed by atoms with Crippen molar-refractivity contribution >= 4 is 17.4 Å². The first kappa shape index (κ1) is 18.6. The number of carbonyl (C=O) groups excluding carboxylic acids is 1. The summed E-state index contributed by atoms with van der Waals surface area (Å²) >= 11 is 0. The van der Waals surface area contributed by atoms with Gasteiger partial charge < -0.3 is 10.2 Å². The summed E-state index contributed by atoms with van der Waals surface area (Å²) in [6, 6.07) is 19.7. The molecule has 0 spiro atoms. The van der Waals surface area contributed by atoms with Gasteiger partial charge >= 0.3 is 0 Å². The van der Waals surface area contributed by atoms with Gasteiger partial charge in [-0.05, 0) is 36.6 Å². The van der Waals surface area contributed by atoms with E-state index in [1.807, 2.05) is 54.4 Å². The second-order valence-corrected chi connectivity index (χ2v) is 6.50. The molecule has 1 amide bonds. The van der Waals surface area contributed by atoms with Crippen molar-refractivity contribution in [3.63, 3.8) is 0 Å². The minimum Gasteiger partial charge on any atom is -0.355 e. The van der Waals surface area contributed by atoms with Crippen LogP contribution in [0.15, 0.2) is 60.7 Å². The topological polar surface area (TPSA) is 58.1 Å². The maximum Gasteiger partial charge on any atom is 0.274 e. The number of nitrogens with one attached hydrogen (secondary N) is 1. The lowest BCUT2D eigenvalue weighted by molar-refractivity contribution is 0.102. The summed E-state index contributed by atoms with van der Waals surface area (Å²) in [5, 5.41) is 2.90. The van der Waals surface area contributed by atoms with Crippen molar-refractivity contribution in [2.45, 2.75) is 26.8 Å². The van der Waals surface area contributed by atoms with Gasteiger partial charge in [0.2, 0.25) is 0 Å². The number of hydrogen-bond donors (Lipinski definition) is 1. The highest BCUT2D eigenvalue weighted by Crippen LogP contribution is 2.16. The van der Waals surface area contributed by atoms with E-state index in [0.717, 1.165) is 17.9 Å². The highest BCUT2D eigenvalue weighted by Gasteiger charge is 2.13. The van der Waals surface area contributed by atoms with Crippen molar-refractivity contribution < 1.29 is 4.79 Å². The molecule has 5 nitrogen and oxygen atoms in total. The third-order valence-electron chi connectivity index (χ3n) is 4.33. The van der Waals surface area contributed by atoms with Crippen LogP contribution >= 0.6 is 0 Å². The SMILES string of the molecule is CCc1ccc(NC(=O)c2cc(N(C)Cc3ccccc3)nc(C)n2)cc1. The number of aromatic nitrogens is 2. The summed E-state index contributed by atoms with van der Waals surface area (Å²) in [6.45, 7) is 4.61. The molecule has 3 rings (SSSR count). The Bertz CT molecular complexity index is 907. The van der Waals surface area contributed by atoms with Gasteiger partial charge in [0.15, 0.2) is 0 Å². The maximum absolute atomic E-state index is 12.6. The number of benzene rings is 2. The van der Waals surface area contributed by atoms with Gasteiger partial charge in [0, 0.05) is 25.3 Å². The predicted octanol–water partition coefficient (Wildman–Crippen LogP) is 4.24. The smallest absolute Gasteiger partial charge is 0.274 e. The fraction of sp³-hybridized carbons (Fsp3) is 0.227. The largest absolute Gasteiger partial charge is 0.355 e. The summed E-state index contributed by atoms with van der Waals surface area (Å²) in [5.74, 6) is 1.05. The second-order valence-electron chi connectivity index (χ2n) is 6.50. The van der Waals surface area contributed by atoms with Gasteiger partial charge in [-0.25, -0.2) is 9.97 Å². The molecule has 0 saturated heterocycles. The molecule has 138 valence electrons. The lowest BCUT2D eigenvalue weighted by Gasteiger charge is -2.19. The Balaban J connectivity index is 1.76. The zero-order valence-electron chi connectivity index (χ0n) is 15.9. The zero-order chi connectivity index (χ0) is 19.2. The predicted molar refractivity (Wildman–Crippen MR) is 109 cm³/mol. The molecule has 3 aromatic rings. The monoisotopic (exact) mass is 360 g/mol. The minimum atomic E-state index is -0.237. The van der Waals surface area contributed by atoms with E-state index in [0.29, 0.717) is 18.1 Å². The normalized spacial score (nSPS) is 10.5. The first-order valence-electron chi connectivity index (χ1n) is 9.06. The van der Waals surface area contributed by atoms with Crippen LogP contribution in [-0.2, 0) is 13.0 Å². The molecular formula is C22H24N4O. The lowest BCUT2D eigenvalue weighted by atomic mass is 10.1. The second kappa shape index (κ2) is 8.45. The minimum absolute atomic E-state index is 0.237. The molecule has 5 heteroatoms. The Morgan fingerprint density at radius 3 is 2.37 bits per heavy atom. The number of nitrogens with zero attached hydrogens (tertiary/aromatic N) is 3. The zero-order valence-corrected chi connectivity index (χ0v) is 15.9. The van der Waals surface area contributed by atoms with E-state index in [2.05, 4.69) is 34.3 Å². The highest BCUT2D eigenvalue weighted by atomic mass is 16.1. The molecule has 0 aliphatic heterocycles. The molecule has 1 N–H and O–H groups in total. The highest BCUT2D eigenvalue weighted by molar-refractivity contribution is 6.03. The summed E-state index contributed by atoms with van der Waals surface area (Å²) in [5.41, 5.74) is 3.53. The van der Waals surface area contributed by atoms with Gasteiger partial charge in [-0.15, -0.1) is 0 Å². The summed E-state index contributed by atoms with van der Waals surface area (Å²) < 4.78 is 0. The molecule has 0 atom stereocenters. The van der Waals surface area contributed by atoms with Gasteiger partial charge in [0.25, 0.3) is 5.91 Å². The molecule has 0 saturated carbocycles. The molecule has 0 aliphatic carbocycles. The van der Waals surface area contributed by atoms with Crippen molar-refractivity contribution in [1.82, 2.24) is 9.97 Å². The van der Waals surface area contributed by atoms with Gasteiger partial charge in [-0.3, -0.25) is 4.79 Å². The van der Waals surface area contributed by atoms with Crippen molar-refractivity contribution in [1.29, 1.82) is 0 Å². The van der Waals surface area contributed by atoms with Gasteiger partial charge in [-0.2, -0.15) is 0 Å². The van der Waals surface area contributed by atoms with Gasteiger partial charge in [0.1, 0.15) is 17.3 Å². The van der Waals surface area contributed by atoms with Crippen LogP contribution in [0.5, 0.6) is 0 Å². The quantitative estimate of drug-likeness (QED) is 0.714. The summed E-state index contributed by atoms with van der Waals surface area (Å²) in [6.07, 6.45) is 0.969. The van der Waals surface area contributed by atoms with Crippen LogP contribution in [-0.4, -0.2) is 22.9 Å². The fourth-order valence-corrected chi connectivity index (χ4v) is 2.82. The van der Waals surface area contributed by atoms with Crippen molar-refractivity contribution in [2.24, 2.45) is 0 Å². The van der Waals surface area contributed by atoms with Crippen LogP contribution in [0.3, 0.4) is 0 Å². The van der Waals surface area contributed by atoms with Crippen LogP contribution in [0.2, 0.25) is 0 Å². The molecule has 0 aliphatic rings. The average molecular weight is 360 g/mol. The number of amides is 1. The Kier molecular flexibility index (Phi) is 5.81. The van der Waals surface area contributed by atoms with Gasteiger partial charge in [0.05, 0.1) is 0 Å². The molecule has 1 aromatic heterocycles. The first-order chi connectivity index (χ1) is 13.0. The van der Waals surface area contributed by atoms with Crippen LogP contribution < -0.4 is 10.2 Å². The van der Waals surface area contributed by atoms with Crippen molar-refractivity contribution in [3.05, 3.63) is 83.3 Å². The lowest BCUT2D eigenvalue weighted by Crippen LogP contribution is -2.21. The number of rotatable bonds is 6. The first-order valence-corrected chi connectivity index (χ1v) is 9.06. The molecule has 0 bridgehead atoms. The molecule has 0 fully saturated rings. The molecule has 0 unspecified atom stereocenters. The Morgan fingerprint density at radius 2 is 1.70 bits per heavy atom. The fourth-order valence-electron chi connectivity index (χ4n) is 2.82. The number of carbonyl (C=O) groups is 1. The van der Waals surface area contributed by atoms with Crippen LogP contribution in [0.4, 0.5) is 11.5 Å². The van der Waals surface area contributed by atoms with Gasteiger partial charge in [-0.1, -0.05) is 49.4 Å². The Hall–Kier alpha value is -3.21. The third kappa shape index (κ3) is 4.91. The van der Waals surface area contributed by atoms with Crippen LogP contribution in [0.1, 0.15) is 34.4 Å². The molecular weight excluding hydrogens is 336 g/mol. The third-order valence-corrected chi connectivity index (χ3v) is 4.33. The van der Waals surface area contributed by atoms with E-state index in [1.165, 1.54) is 11.1 Å². The van der Waals surface area contributed by atoms with E-state index in [4.69, 9.17) is 0 Å². The molecule has 0 radical (unpaired) electrons. The summed E-state index contributed by atoms with van der Waals surface area (Å²) in [4.78, 5) is 23.4. The van der Waals surface area contributed by atoms with E-state index in [1.54, 1.807) is 13.0 Å². The average Bonchev–Trinajstić information content (AvgIpc) is 2.69. The Labute approximate surface area is 160 Å². The van der Waals surface area contributed by atoms with Crippen LogP contribution in [0, 0.1) is 6.92 Å². The van der Waals surface area contributed by atoms with E-state index in [-0.39, 0.29) is 5.91 Å². The van der Waals surface area contributed by atoms with Crippen molar-refractivity contribution in [3.8, 4) is 0 Å².